The van der Waals surface area contributed by atoms with Gasteiger partial charge in [-0.1, -0.05) is 11.6 Å². The van der Waals surface area contributed by atoms with Crippen molar-refractivity contribution in [2.45, 2.75) is 12.7 Å². The van der Waals surface area contributed by atoms with Gasteiger partial charge in [-0.2, -0.15) is 0 Å². The van der Waals surface area contributed by atoms with Crippen molar-refractivity contribution in [1.29, 1.82) is 0 Å². The minimum atomic E-state index is -0.752. The summed E-state index contributed by atoms with van der Waals surface area (Å²) in [6.45, 7) is 2.98. The molecule has 0 amide bonds. The lowest BCUT2D eigenvalue weighted by atomic mass is 10.1. The summed E-state index contributed by atoms with van der Waals surface area (Å²) in [6.07, 6.45) is 0. The molecule has 0 radical (unpaired) electrons. The van der Waals surface area contributed by atoms with E-state index >= 15 is 0 Å². The summed E-state index contributed by atoms with van der Waals surface area (Å²) in [7, 11) is 0. The fraction of sp³-hybridized carbons (Fsp3) is 0.444. The second-order valence-electron chi connectivity index (χ2n) is 3.35. The Hall–Kier alpha value is -0.880. The van der Waals surface area contributed by atoms with E-state index in [1.54, 1.807) is 12.1 Å². The second-order valence-corrected chi connectivity index (χ2v) is 3.74. The lowest BCUT2D eigenvalue weighted by molar-refractivity contribution is -0.149. The van der Waals surface area contributed by atoms with Crippen LogP contribution in [0.1, 0.15) is 12.5 Å². The van der Waals surface area contributed by atoms with Gasteiger partial charge in [-0.05, 0) is 19.1 Å². The summed E-state index contributed by atoms with van der Waals surface area (Å²) in [6, 6.07) is 3.45. The maximum Gasteiger partial charge on any atom is 0.192 e. The molecule has 15 heavy (non-hydrogen) atoms. The van der Waals surface area contributed by atoms with Gasteiger partial charge in [0, 0.05) is 5.56 Å². The maximum atomic E-state index is 5.85. The number of nitrogens with one attached hydrogen (secondary N) is 1. The largest absolute Gasteiger partial charge is 0.344 e. The summed E-state index contributed by atoms with van der Waals surface area (Å²) in [5.41, 5.74) is 3.24. The molecular weight excluding hydrogens is 218 g/mol. The topological polar surface area (TPSA) is 69.4 Å². The molecule has 1 aromatic rings. The van der Waals surface area contributed by atoms with Gasteiger partial charge in [-0.3, -0.25) is 0 Å². The van der Waals surface area contributed by atoms with E-state index in [1.165, 1.54) is 0 Å². The molecule has 0 aliphatic carbocycles. The number of aromatic nitrogens is 1. The third-order valence-corrected chi connectivity index (χ3v) is 2.50. The zero-order valence-electron chi connectivity index (χ0n) is 8.29. The van der Waals surface area contributed by atoms with Gasteiger partial charge in [-0.15, -0.1) is 0 Å². The van der Waals surface area contributed by atoms with Crippen molar-refractivity contribution in [3.05, 3.63) is 22.8 Å². The average Bonchev–Trinajstić information content (AvgIpc) is 2.65. The molecule has 6 heteroatoms. The molecule has 2 rings (SSSR count). The highest BCUT2D eigenvalue weighted by atomic mass is 35.5. The molecule has 1 saturated heterocycles. The van der Waals surface area contributed by atoms with Crippen LogP contribution in [-0.4, -0.2) is 18.2 Å². The Morgan fingerprint density at radius 2 is 2.13 bits per heavy atom. The van der Waals surface area contributed by atoms with Gasteiger partial charge in [0.25, 0.3) is 0 Å². The van der Waals surface area contributed by atoms with Gasteiger partial charge in [-0.25, -0.2) is 10.8 Å². The Labute approximate surface area is 92.5 Å². The molecule has 5 nitrogen and oxygen atoms in total. The smallest absolute Gasteiger partial charge is 0.192 e. The number of anilines is 1. The first-order chi connectivity index (χ1) is 7.14. The summed E-state index contributed by atoms with van der Waals surface area (Å²) < 4.78 is 11.0. The summed E-state index contributed by atoms with van der Waals surface area (Å²) in [4.78, 5) is 3.97. The molecule has 0 aromatic carbocycles. The first-order valence-corrected chi connectivity index (χ1v) is 4.94. The SMILES string of the molecule is CC1(c2cc(Cl)nc(NN)c2)OCCO1. The highest BCUT2D eigenvalue weighted by Crippen LogP contribution is 2.32. The van der Waals surface area contributed by atoms with Crippen LogP contribution in [0.3, 0.4) is 0 Å². The Morgan fingerprint density at radius 1 is 1.47 bits per heavy atom. The van der Waals surface area contributed by atoms with Crippen LogP contribution < -0.4 is 11.3 Å². The van der Waals surface area contributed by atoms with Gasteiger partial charge in [0.15, 0.2) is 5.79 Å². The van der Waals surface area contributed by atoms with Crippen molar-refractivity contribution in [1.82, 2.24) is 4.98 Å². The van der Waals surface area contributed by atoms with Crippen LogP contribution in [0.25, 0.3) is 0 Å². The van der Waals surface area contributed by atoms with E-state index in [-0.39, 0.29) is 0 Å². The Kier molecular flexibility index (Phi) is 2.79. The maximum absolute atomic E-state index is 5.85. The third-order valence-electron chi connectivity index (χ3n) is 2.30. The Balaban J connectivity index is 2.38. The molecule has 2 heterocycles. The summed E-state index contributed by atoms with van der Waals surface area (Å²) in [5, 5.41) is 0.348. The zero-order chi connectivity index (χ0) is 10.9. The molecule has 0 atom stereocenters. The Morgan fingerprint density at radius 3 is 2.73 bits per heavy atom. The van der Waals surface area contributed by atoms with E-state index in [1.807, 2.05) is 6.92 Å². The van der Waals surface area contributed by atoms with Crippen molar-refractivity contribution >= 4 is 17.4 Å². The first-order valence-electron chi connectivity index (χ1n) is 4.57. The molecule has 0 unspecified atom stereocenters. The van der Waals surface area contributed by atoms with Crippen molar-refractivity contribution in [2.24, 2.45) is 5.84 Å². The van der Waals surface area contributed by atoms with E-state index < -0.39 is 5.79 Å². The highest BCUT2D eigenvalue weighted by Gasteiger charge is 2.33. The number of nitrogens with zero attached hydrogens (tertiary/aromatic N) is 1. The number of pyridine rings is 1. The number of nitrogen functional groups attached to an aromatic ring is 1. The molecular formula is C9H12ClN3O2. The highest BCUT2D eigenvalue weighted by molar-refractivity contribution is 6.29. The van der Waals surface area contributed by atoms with Crippen LogP contribution in [0.2, 0.25) is 5.15 Å². The van der Waals surface area contributed by atoms with Crippen LogP contribution in [-0.2, 0) is 15.3 Å². The number of hydrogen-bond donors (Lipinski definition) is 2. The first kappa shape index (κ1) is 10.6. The minimum absolute atomic E-state index is 0.348. The fourth-order valence-electron chi connectivity index (χ4n) is 1.51. The van der Waals surface area contributed by atoms with E-state index in [2.05, 4.69) is 10.4 Å². The van der Waals surface area contributed by atoms with E-state index in [9.17, 15) is 0 Å². The normalized spacial score (nSPS) is 19.1. The van der Waals surface area contributed by atoms with Gasteiger partial charge in [0.2, 0.25) is 0 Å². The fourth-order valence-corrected chi connectivity index (χ4v) is 1.72. The number of ether oxygens (including phenoxy) is 2. The lowest BCUT2D eigenvalue weighted by Gasteiger charge is -2.23. The van der Waals surface area contributed by atoms with Crippen LogP contribution in [0.15, 0.2) is 12.1 Å². The van der Waals surface area contributed by atoms with Gasteiger partial charge in [0.1, 0.15) is 11.0 Å². The van der Waals surface area contributed by atoms with Crippen molar-refractivity contribution < 1.29 is 9.47 Å². The summed E-state index contributed by atoms with van der Waals surface area (Å²) >= 11 is 5.85. The average molecular weight is 230 g/mol. The standard InChI is InChI=1S/C9H12ClN3O2/c1-9(14-2-3-15-9)6-4-7(10)12-8(5-6)13-11/h4-5H,2-3,11H2,1H3,(H,12,13). The molecule has 1 aromatic heterocycles. The minimum Gasteiger partial charge on any atom is -0.344 e. The molecule has 0 saturated carbocycles. The third kappa shape index (κ3) is 2.05. The molecule has 1 fully saturated rings. The quantitative estimate of drug-likeness (QED) is 0.454. The monoisotopic (exact) mass is 229 g/mol. The van der Waals surface area contributed by atoms with Crippen LogP contribution >= 0.6 is 11.6 Å². The number of rotatable bonds is 2. The Bertz CT molecular complexity index is 366. The molecule has 1 aliphatic rings. The van der Waals surface area contributed by atoms with E-state index in [4.69, 9.17) is 26.9 Å². The molecule has 1 aliphatic heterocycles. The van der Waals surface area contributed by atoms with Crippen molar-refractivity contribution in [3.8, 4) is 0 Å². The van der Waals surface area contributed by atoms with Crippen molar-refractivity contribution in [2.75, 3.05) is 18.6 Å². The predicted octanol–water partition coefficient (Wildman–Crippen LogP) is 1.24. The van der Waals surface area contributed by atoms with E-state index in [0.29, 0.717) is 24.2 Å². The van der Waals surface area contributed by atoms with Gasteiger partial charge >= 0.3 is 0 Å². The molecule has 3 N–H and O–H groups in total. The number of hydrazine groups is 1. The predicted molar refractivity (Wildman–Crippen MR) is 56.3 cm³/mol. The molecule has 0 spiro atoms. The second kappa shape index (κ2) is 3.94. The van der Waals surface area contributed by atoms with Gasteiger partial charge < -0.3 is 14.9 Å². The number of halogens is 1. The van der Waals surface area contributed by atoms with Crippen LogP contribution in [0, 0.1) is 0 Å². The van der Waals surface area contributed by atoms with Gasteiger partial charge in [0.05, 0.1) is 13.2 Å². The number of nitrogens with two attached hydrogens (primary N) is 1. The van der Waals surface area contributed by atoms with Crippen molar-refractivity contribution in [3.63, 3.8) is 0 Å². The molecule has 82 valence electrons. The zero-order valence-corrected chi connectivity index (χ0v) is 9.04. The number of hydrogen-bond acceptors (Lipinski definition) is 5. The summed E-state index contributed by atoms with van der Waals surface area (Å²) in [5.74, 6) is 5.01. The van der Waals surface area contributed by atoms with E-state index in [0.717, 1.165) is 5.56 Å². The molecule has 0 bridgehead atoms. The van der Waals surface area contributed by atoms with Crippen LogP contribution in [0.4, 0.5) is 5.82 Å². The van der Waals surface area contributed by atoms with Crippen LogP contribution in [0.5, 0.6) is 0 Å². The lowest BCUT2D eigenvalue weighted by Crippen LogP contribution is -2.23.